The molecule has 1 aliphatic heterocycles. The summed E-state index contributed by atoms with van der Waals surface area (Å²) in [5, 5.41) is 7.92. The molecule has 3 heterocycles. The fourth-order valence-electron chi connectivity index (χ4n) is 2.83. The predicted molar refractivity (Wildman–Crippen MR) is 93.7 cm³/mol. The number of aryl methyl sites for hydroxylation is 1. The maximum absolute atomic E-state index is 12.6. The number of fused-ring (bicyclic) bond motifs is 1. The van der Waals surface area contributed by atoms with Gasteiger partial charge in [-0.2, -0.15) is 5.10 Å². The predicted octanol–water partition coefficient (Wildman–Crippen LogP) is 1.45. The Morgan fingerprint density at radius 2 is 1.92 bits per heavy atom. The molecule has 1 aromatic carbocycles. The fraction of sp³-hybridized carbons (Fsp3) is 0.294. The number of rotatable bonds is 3. The van der Waals surface area contributed by atoms with Gasteiger partial charge in [0.05, 0.1) is 24.8 Å². The summed E-state index contributed by atoms with van der Waals surface area (Å²) in [5.74, 6) is 0.505. The Bertz CT molecular complexity index is 902. The van der Waals surface area contributed by atoms with Crippen LogP contribution in [0.5, 0.6) is 0 Å². The summed E-state index contributed by atoms with van der Waals surface area (Å²) in [6.45, 7) is 2.72. The van der Waals surface area contributed by atoms with Crippen LogP contribution in [0.1, 0.15) is 10.6 Å². The van der Waals surface area contributed by atoms with Crippen molar-refractivity contribution in [3.8, 4) is 0 Å². The van der Waals surface area contributed by atoms with E-state index in [0.29, 0.717) is 24.5 Å². The van der Waals surface area contributed by atoms with Gasteiger partial charge in [0, 0.05) is 25.8 Å². The van der Waals surface area contributed by atoms with Crippen LogP contribution in [0.25, 0.3) is 11.0 Å². The second-order valence-corrected chi connectivity index (χ2v) is 5.80. The Morgan fingerprint density at radius 1 is 1.16 bits per heavy atom. The number of ether oxygens (including phenoxy) is 1. The average Bonchev–Trinajstić information content (AvgIpc) is 3.03. The summed E-state index contributed by atoms with van der Waals surface area (Å²) < 4.78 is 7.06. The SMILES string of the molecule is Cn1ncc2c(N3CCOCC3)nc(C(=O)Nc3ccccc3)nc21. The maximum atomic E-state index is 12.6. The smallest absolute Gasteiger partial charge is 0.293 e. The number of morpholine rings is 1. The molecule has 8 nitrogen and oxygen atoms in total. The van der Waals surface area contributed by atoms with Crippen LogP contribution < -0.4 is 10.2 Å². The quantitative estimate of drug-likeness (QED) is 0.778. The number of hydrogen-bond acceptors (Lipinski definition) is 6. The van der Waals surface area contributed by atoms with Crippen LogP contribution in [0, 0.1) is 0 Å². The summed E-state index contributed by atoms with van der Waals surface area (Å²) in [7, 11) is 1.80. The number of carbonyl (C=O) groups excluding carboxylic acids is 1. The molecule has 4 rings (SSSR count). The van der Waals surface area contributed by atoms with Gasteiger partial charge in [-0.3, -0.25) is 9.48 Å². The van der Waals surface area contributed by atoms with E-state index in [1.54, 1.807) is 17.9 Å². The number of hydrogen-bond donors (Lipinski definition) is 1. The van der Waals surface area contributed by atoms with E-state index in [2.05, 4.69) is 25.3 Å². The number of benzene rings is 1. The van der Waals surface area contributed by atoms with E-state index >= 15 is 0 Å². The van der Waals surface area contributed by atoms with Crippen molar-refractivity contribution in [2.24, 2.45) is 7.05 Å². The van der Waals surface area contributed by atoms with E-state index < -0.39 is 0 Å². The molecule has 1 saturated heterocycles. The first kappa shape index (κ1) is 15.5. The molecule has 1 N–H and O–H groups in total. The number of para-hydroxylation sites is 1. The lowest BCUT2D eigenvalue weighted by atomic mass is 10.3. The molecule has 0 spiro atoms. The van der Waals surface area contributed by atoms with E-state index in [1.807, 2.05) is 30.3 Å². The van der Waals surface area contributed by atoms with Crippen LogP contribution in [-0.2, 0) is 11.8 Å². The van der Waals surface area contributed by atoms with Gasteiger partial charge in [-0.05, 0) is 12.1 Å². The number of amides is 1. The molecular weight excluding hydrogens is 320 g/mol. The molecule has 0 unspecified atom stereocenters. The first-order chi connectivity index (χ1) is 12.2. The normalized spacial score (nSPS) is 14.7. The molecule has 2 aromatic heterocycles. The van der Waals surface area contributed by atoms with Crippen LogP contribution in [0.15, 0.2) is 36.5 Å². The van der Waals surface area contributed by atoms with Crippen LogP contribution in [0.3, 0.4) is 0 Å². The van der Waals surface area contributed by atoms with Gasteiger partial charge in [-0.25, -0.2) is 9.97 Å². The topological polar surface area (TPSA) is 85.2 Å². The Labute approximate surface area is 144 Å². The molecule has 0 aliphatic carbocycles. The van der Waals surface area contributed by atoms with E-state index in [4.69, 9.17) is 4.74 Å². The van der Waals surface area contributed by atoms with Gasteiger partial charge >= 0.3 is 0 Å². The molecule has 0 atom stereocenters. The van der Waals surface area contributed by atoms with E-state index in [9.17, 15) is 4.79 Å². The molecular formula is C17H18N6O2. The average molecular weight is 338 g/mol. The van der Waals surface area contributed by atoms with Gasteiger partial charge in [0.15, 0.2) is 5.65 Å². The van der Waals surface area contributed by atoms with Crippen molar-refractivity contribution >= 4 is 28.4 Å². The van der Waals surface area contributed by atoms with Gasteiger partial charge in [-0.1, -0.05) is 18.2 Å². The number of nitrogens with zero attached hydrogens (tertiary/aromatic N) is 5. The van der Waals surface area contributed by atoms with Crippen LogP contribution in [0.2, 0.25) is 0 Å². The Hall–Kier alpha value is -3.00. The monoisotopic (exact) mass is 338 g/mol. The Kier molecular flexibility index (Phi) is 4.02. The molecule has 128 valence electrons. The minimum atomic E-state index is -0.344. The lowest BCUT2D eigenvalue weighted by Gasteiger charge is -2.28. The number of nitrogens with one attached hydrogen (secondary N) is 1. The maximum Gasteiger partial charge on any atom is 0.293 e. The fourth-order valence-corrected chi connectivity index (χ4v) is 2.83. The molecule has 0 bridgehead atoms. The van der Waals surface area contributed by atoms with Crippen molar-refractivity contribution in [3.63, 3.8) is 0 Å². The van der Waals surface area contributed by atoms with Crippen molar-refractivity contribution < 1.29 is 9.53 Å². The minimum absolute atomic E-state index is 0.126. The molecule has 0 saturated carbocycles. The summed E-state index contributed by atoms with van der Waals surface area (Å²) in [4.78, 5) is 23.7. The Balaban J connectivity index is 1.73. The van der Waals surface area contributed by atoms with Gasteiger partial charge in [0.2, 0.25) is 5.82 Å². The van der Waals surface area contributed by atoms with Gasteiger partial charge in [-0.15, -0.1) is 0 Å². The van der Waals surface area contributed by atoms with Crippen molar-refractivity contribution in [2.75, 3.05) is 36.5 Å². The van der Waals surface area contributed by atoms with Crippen LogP contribution in [0.4, 0.5) is 11.5 Å². The second-order valence-electron chi connectivity index (χ2n) is 5.80. The molecule has 1 aliphatic rings. The third-order valence-electron chi connectivity index (χ3n) is 4.12. The van der Waals surface area contributed by atoms with Gasteiger partial charge in [0.25, 0.3) is 5.91 Å². The number of aromatic nitrogens is 4. The zero-order valence-corrected chi connectivity index (χ0v) is 13.8. The summed E-state index contributed by atoms with van der Waals surface area (Å²) >= 11 is 0. The first-order valence-electron chi connectivity index (χ1n) is 8.11. The van der Waals surface area contributed by atoms with E-state index in [0.717, 1.165) is 24.3 Å². The largest absolute Gasteiger partial charge is 0.378 e. The number of anilines is 2. The van der Waals surface area contributed by atoms with Gasteiger partial charge < -0.3 is 15.0 Å². The highest BCUT2D eigenvalue weighted by Crippen LogP contribution is 2.24. The summed E-state index contributed by atoms with van der Waals surface area (Å²) in [6.07, 6.45) is 1.74. The molecule has 1 fully saturated rings. The molecule has 1 amide bonds. The standard InChI is InChI=1S/C17H18N6O2/c1-22-15-13(11-18-22)16(23-7-9-25-10-8-23)21-14(20-15)17(24)19-12-5-3-2-4-6-12/h2-6,11H,7-10H2,1H3,(H,19,24). The number of carbonyl (C=O) groups is 1. The Morgan fingerprint density at radius 3 is 2.68 bits per heavy atom. The zero-order valence-electron chi connectivity index (χ0n) is 13.8. The molecule has 25 heavy (non-hydrogen) atoms. The summed E-state index contributed by atoms with van der Waals surface area (Å²) in [5.41, 5.74) is 1.34. The van der Waals surface area contributed by atoms with Crippen molar-refractivity contribution in [3.05, 3.63) is 42.4 Å². The third-order valence-corrected chi connectivity index (χ3v) is 4.12. The molecule has 0 radical (unpaired) electrons. The highest BCUT2D eigenvalue weighted by atomic mass is 16.5. The third kappa shape index (κ3) is 3.03. The lowest BCUT2D eigenvalue weighted by Crippen LogP contribution is -2.37. The second kappa shape index (κ2) is 6.48. The zero-order chi connectivity index (χ0) is 17.2. The van der Waals surface area contributed by atoms with Crippen molar-refractivity contribution in [1.82, 2.24) is 19.7 Å². The minimum Gasteiger partial charge on any atom is -0.378 e. The lowest BCUT2D eigenvalue weighted by molar-refractivity contribution is 0.101. The molecule has 8 heteroatoms. The van der Waals surface area contributed by atoms with E-state index in [-0.39, 0.29) is 11.7 Å². The summed E-state index contributed by atoms with van der Waals surface area (Å²) in [6, 6.07) is 9.26. The van der Waals surface area contributed by atoms with E-state index in [1.165, 1.54) is 0 Å². The highest BCUT2D eigenvalue weighted by Gasteiger charge is 2.21. The van der Waals surface area contributed by atoms with Crippen molar-refractivity contribution in [2.45, 2.75) is 0 Å². The van der Waals surface area contributed by atoms with Gasteiger partial charge in [0.1, 0.15) is 5.82 Å². The van der Waals surface area contributed by atoms with Crippen molar-refractivity contribution in [1.29, 1.82) is 0 Å². The molecule has 3 aromatic rings. The highest BCUT2D eigenvalue weighted by molar-refractivity contribution is 6.03. The van der Waals surface area contributed by atoms with Crippen LogP contribution in [-0.4, -0.2) is 52.0 Å². The van der Waals surface area contributed by atoms with Crippen LogP contribution >= 0.6 is 0 Å². The first-order valence-corrected chi connectivity index (χ1v) is 8.11.